The number of phenolic OH excluding ortho intramolecular Hbond substituents is 1. The number of rotatable bonds is 8. The summed E-state index contributed by atoms with van der Waals surface area (Å²) >= 11 is 0. The Morgan fingerprint density at radius 2 is 1.73 bits per heavy atom. The molecule has 0 aliphatic rings. The number of aromatic hydroxyl groups is 1. The van der Waals surface area contributed by atoms with Crippen molar-refractivity contribution in [3.63, 3.8) is 0 Å². The second kappa shape index (κ2) is 9.24. The first-order chi connectivity index (χ1) is 12.4. The van der Waals surface area contributed by atoms with Crippen LogP contribution in [0.1, 0.15) is 18.9 Å². The monoisotopic (exact) mass is 376 g/mol. The molecule has 6 nitrogen and oxygen atoms in total. The molecular weight excluding hydrogens is 352 g/mol. The van der Waals surface area contributed by atoms with Crippen molar-refractivity contribution in [3.05, 3.63) is 60.2 Å². The van der Waals surface area contributed by atoms with Gasteiger partial charge in [0.05, 0.1) is 10.6 Å². The zero-order valence-electron chi connectivity index (χ0n) is 14.7. The molecule has 2 rings (SSSR count). The Hall–Kier alpha value is -2.54. The van der Waals surface area contributed by atoms with Crippen LogP contribution in [0.4, 0.5) is 4.79 Å². The van der Waals surface area contributed by atoms with Crippen molar-refractivity contribution in [3.8, 4) is 5.75 Å². The van der Waals surface area contributed by atoms with E-state index >= 15 is 0 Å². The van der Waals surface area contributed by atoms with Gasteiger partial charge in [0.25, 0.3) is 0 Å². The Labute approximate surface area is 154 Å². The lowest BCUT2D eigenvalue weighted by molar-refractivity contribution is 0.238. The average Bonchev–Trinajstić information content (AvgIpc) is 2.62. The third kappa shape index (κ3) is 6.40. The fourth-order valence-electron chi connectivity index (χ4n) is 2.44. The number of carbonyl (C=O) groups excluding carboxylic acids is 1. The second-order valence-corrected chi connectivity index (χ2v) is 8.25. The van der Waals surface area contributed by atoms with Crippen LogP contribution in [0, 0.1) is 0 Å². The van der Waals surface area contributed by atoms with Crippen molar-refractivity contribution in [2.45, 2.75) is 30.7 Å². The van der Waals surface area contributed by atoms with E-state index in [0.717, 1.165) is 18.4 Å². The van der Waals surface area contributed by atoms with E-state index in [9.17, 15) is 18.3 Å². The Kier molecular flexibility index (Phi) is 7.03. The molecule has 26 heavy (non-hydrogen) atoms. The van der Waals surface area contributed by atoms with Crippen LogP contribution in [0.2, 0.25) is 0 Å². The van der Waals surface area contributed by atoms with Gasteiger partial charge in [-0.05, 0) is 49.6 Å². The number of nitrogens with one attached hydrogen (secondary N) is 2. The van der Waals surface area contributed by atoms with E-state index in [4.69, 9.17) is 0 Å². The highest BCUT2D eigenvalue weighted by atomic mass is 32.2. The minimum atomic E-state index is -3.40. The van der Waals surface area contributed by atoms with Crippen molar-refractivity contribution in [2.75, 3.05) is 12.3 Å². The molecular formula is C19H24N2O4S. The van der Waals surface area contributed by atoms with Crippen LogP contribution in [-0.4, -0.2) is 37.9 Å². The summed E-state index contributed by atoms with van der Waals surface area (Å²) in [6, 6.07) is 14.7. The summed E-state index contributed by atoms with van der Waals surface area (Å²) in [6.07, 6.45) is 1.50. The normalized spacial score (nSPS) is 12.3. The minimum Gasteiger partial charge on any atom is -0.508 e. The van der Waals surface area contributed by atoms with Gasteiger partial charge in [0, 0.05) is 12.6 Å². The van der Waals surface area contributed by atoms with E-state index in [2.05, 4.69) is 10.6 Å². The maximum atomic E-state index is 12.1. The lowest BCUT2D eigenvalue weighted by atomic mass is 10.1. The van der Waals surface area contributed by atoms with E-state index in [1.807, 2.05) is 19.1 Å². The van der Waals surface area contributed by atoms with E-state index in [1.165, 1.54) is 0 Å². The maximum Gasteiger partial charge on any atom is 0.315 e. The molecule has 0 radical (unpaired) electrons. The van der Waals surface area contributed by atoms with Crippen molar-refractivity contribution in [2.24, 2.45) is 0 Å². The van der Waals surface area contributed by atoms with Crippen molar-refractivity contribution < 1.29 is 18.3 Å². The van der Waals surface area contributed by atoms with E-state index < -0.39 is 9.84 Å². The Balaban J connectivity index is 1.70. The summed E-state index contributed by atoms with van der Waals surface area (Å²) in [5.74, 6) is 0.0801. The summed E-state index contributed by atoms with van der Waals surface area (Å²) in [5, 5.41) is 14.6. The van der Waals surface area contributed by atoms with Crippen molar-refractivity contribution in [1.82, 2.24) is 10.6 Å². The number of phenols is 1. The SMILES string of the molecule is CC(CCc1ccc(O)cc1)NC(=O)NCCS(=O)(=O)c1ccccc1. The number of sulfone groups is 1. The van der Waals surface area contributed by atoms with Gasteiger partial charge in [0.1, 0.15) is 5.75 Å². The van der Waals surface area contributed by atoms with E-state index in [0.29, 0.717) is 0 Å². The molecule has 2 amide bonds. The molecule has 2 aromatic rings. The van der Waals surface area contributed by atoms with Gasteiger partial charge in [0.15, 0.2) is 9.84 Å². The summed E-state index contributed by atoms with van der Waals surface area (Å²) in [5.41, 5.74) is 1.07. The zero-order chi connectivity index (χ0) is 19.0. The first kappa shape index (κ1) is 19.8. The average molecular weight is 376 g/mol. The van der Waals surface area contributed by atoms with Crippen LogP contribution < -0.4 is 10.6 Å². The summed E-state index contributed by atoms with van der Waals surface area (Å²) in [4.78, 5) is 12.1. The number of urea groups is 1. The Morgan fingerprint density at radius 1 is 1.08 bits per heavy atom. The van der Waals surface area contributed by atoms with Crippen molar-refractivity contribution >= 4 is 15.9 Å². The summed E-state index contributed by atoms with van der Waals surface area (Å²) < 4.78 is 24.3. The predicted molar refractivity (Wildman–Crippen MR) is 101 cm³/mol. The standard InChI is InChI=1S/C19H24N2O4S/c1-15(7-8-16-9-11-17(22)12-10-16)21-19(23)20-13-14-26(24,25)18-5-3-2-4-6-18/h2-6,9-12,15,22H,7-8,13-14H2,1H3,(H2,20,21,23). The number of amides is 2. The fraction of sp³-hybridized carbons (Fsp3) is 0.316. The van der Waals surface area contributed by atoms with Crippen LogP contribution >= 0.6 is 0 Å². The molecule has 0 heterocycles. The Bertz CT molecular complexity index is 805. The molecule has 0 spiro atoms. The predicted octanol–water partition coefficient (Wildman–Crippen LogP) is 2.49. The largest absolute Gasteiger partial charge is 0.508 e. The number of benzene rings is 2. The molecule has 0 aliphatic carbocycles. The van der Waals surface area contributed by atoms with Gasteiger partial charge in [-0.1, -0.05) is 30.3 Å². The highest BCUT2D eigenvalue weighted by molar-refractivity contribution is 7.91. The molecule has 0 saturated carbocycles. The highest BCUT2D eigenvalue weighted by Crippen LogP contribution is 2.12. The first-order valence-electron chi connectivity index (χ1n) is 8.47. The molecule has 0 fully saturated rings. The maximum absolute atomic E-state index is 12.1. The topological polar surface area (TPSA) is 95.5 Å². The smallest absolute Gasteiger partial charge is 0.315 e. The molecule has 0 aliphatic heterocycles. The molecule has 1 atom stereocenters. The third-order valence-electron chi connectivity index (χ3n) is 3.94. The highest BCUT2D eigenvalue weighted by Gasteiger charge is 2.14. The van der Waals surface area contributed by atoms with Crippen LogP contribution in [0.15, 0.2) is 59.5 Å². The van der Waals surface area contributed by atoms with Gasteiger partial charge in [-0.3, -0.25) is 0 Å². The molecule has 7 heteroatoms. The van der Waals surface area contributed by atoms with Crippen LogP contribution in [0.5, 0.6) is 5.75 Å². The van der Waals surface area contributed by atoms with Gasteiger partial charge in [-0.15, -0.1) is 0 Å². The molecule has 0 saturated heterocycles. The molecule has 0 aromatic heterocycles. The van der Waals surface area contributed by atoms with Gasteiger partial charge < -0.3 is 15.7 Å². The van der Waals surface area contributed by atoms with Crippen LogP contribution in [0.25, 0.3) is 0 Å². The number of hydrogen-bond acceptors (Lipinski definition) is 4. The first-order valence-corrected chi connectivity index (χ1v) is 10.1. The molecule has 1 unspecified atom stereocenters. The molecule has 3 N–H and O–H groups in total. The van der Waals surface area contributed by atoms with E-state index in [-0.39, 0.29) is 35.0 Å². The second-order valence-electron chi connectivity index (χ2n) is 6.14. The van der Waals surface area contributed by atoms with E-state index in [1.54, 1.807) is 42.5 Å². The number of hydrogen-bond donors (Lipinski definition) is 3. The lowest BCUT2D eigenvalue weighted by Crippen LogP contribution is -2.42. The van der Waals surface area contributed by atoms with Gasteiger partial charge in [-0.25, -0.2) is 13.2 Å². The Morgan fingerprint density at radius 3 is 2.38 bits per heavy atom. The van der Waals surface area contributed by atoms with Gasteiger partial charge in [0.2, 0.25) is 0 Å². The van der Waals surface area contributed by atoms with Crippen LogP contribution in [0.3, 0.4) is 0 Å². The number of carbonyl (C=O) groups is 1. The number of aryl methyl sites for hydroxylation is 1. The third-order valence-corrected chi connectivity index (χ3v) is 5.67. The fourth-order valence-corrected chi connectivity index (χ4v) is 3.62. The molecule has 140 valence electrons. The lowest BCUT2D eigenvalue weighted by Gasteiger charge is -2.15. The summed E-state index contributed by atoms with van der Waals surface area (Å²) in [6.45, 7) is 1.94. The van der Waals surface area contributed by atoms with Crippen LogP contribution in [-0.2, 0) is 16.3 Å². The minimum absolute atomic E-state index is 0.0493. The molecule has 0 bridgehead atoms. The van der Waals surface area contributed by atoms with Crippen molar-refractivity contribution in [1.29, 1.82) is 0 Å². The molecule has 2 aromatic carbocycles. The quantitative estimate of drug-likeness (QED) is 0.660. The van der Waals surface area contributed by atoms with Gasteiger partial charge in [-0.2, -0.15) is 0 Å². The van der Waals surface area contributed by atoms with Gasteiger partial charge >= 0.3 is 6.03 Å². The zero-order valence-corrected chi connectivity index (χ0v) is 15.5. The summed E-state index contributed by atoms with van der Waals surface area (Å²) in [7, 11) is -3.40.